The van der Waals surface area contributed by atoms with Crippen molar-refractivity contribution in [3.8, 4) is 0 Å². The highest BCUT2D eigenvalue weighted by atomic mass is 16.7. The van der Waals surface area contributed by atoms with Gasteiger partial charge in [0.2, 0.25) is 5.91 Å². The summed E-state index contributed by atoms with van der Waals surface area (Å²) < 4.78 is 19.5. The number of carboxylic acid groups (broad SMARTS) is 1. The lowest BCUT2D eigenvalue weighted by molar-refractivity contribution is -0.311. The molecule has 212 valence electrons. The molecular formula is C18H33NO17. The fourth-order valence-electron chi connectivity index (χ4n) is 3.06. The van der Waals surface area contributed by atoms with E-state index in [0.717, 1.165) is 0 Å². The molecule has 12 atom stereocenters. The minimum Gasteiger partial charge on any atom is -0.479 e. The molecule has 18 nitrogen and oxygen atoms in total. The second kappa shape index (κ2) is 15.0. The summed E-state index contributed by atoms with van der Waals surface area (Å²) in [5, 5.41) is 101. The van der Waals surface area contributed by atoms with Crippen LogP contribution in [0.4, 0.5) is 0 Å². The Morgan fingerprint density at radius 1 is 0.667 bits per heavy atom. The molecule has 0 radical (unpaired) electrons. The number of nitrogens with two attached hydrogens (primary N) is 1. The second-order valence-corrected chi connectivity index (χ2v) is 7.75. The molecule has 0 aromatic rings. The monoisotopic (exact) mass is 535 g/mol. The van der Waals surface area contributed by atoms with E-state index < -0.39 is 112 Å². The van der Waals surface area contributed by atoms with Crippen molar-refractivity contribution in [1.29, 1.82) is 0 Å². The highest BCUT2D eigenvalue weighted by molar-refractivity contribution is 5.78. The lowest BCUT2D eigenvalue weighted by Gasteiger charge is -2.40. The summed E-state index contributed by atoms with van der Waals surface area (Å²) in [7, 11) is 0. The molecule has 2 heterocycles. The van der Waals surface area contributed by atoms with Crippen molar-refractivity contribution in [2.75, 3.05) is 26.4 Å². The Bertz CT molecular complexity index is 624. The number of aliphatic carboxylic acids is 1. The lowest BCUT2D eigenvalue weighted by atomic mass is 9.99. The van der Waals surface area contributed by atoms with Crippen LogP contribution >= 0.6 is 0 Å². The van der Waals surface area contributed by atoms with E-state index in [1.165, 1.54) is 0 Å². The number of aliphatic hydroxyl groups is 10. The van der Waals surface area contributed by atoms with Crippen LogP contribution < -0.4 is 5.73 Å². The third kappa shape index (κ3) is 8.19. The van der Waals surface area contributed by atoms with Crippen LogP contribution in [0.5, 0.6) is 0 Å². The van der Waals surface area contributed by atoms with Crippen LogP contribution in [-0.2, 0) is 28.5 Å². The van der Waals surface area contributed by atoms with Crippen molar-refractivity contribution < 1.29 is 84.7 Å². The molecule has 2 aliphatic heterocycles. The van der Waals surface area contributed by atoms with Crippen LogP contribution in [0.15, 0.2) is 0 Å². The summed E-state index contributed by atoms with van der Waals surface area (Å²) >= 11 is 0. The molecular weight excluding hydrogens is 502 g/mol. The van der Waals surface area contributed by atoms with E-state index in [-0.39, 0.29) is 0 Å². The highest BCUT2D eigenvalue weighted by Crippen LogP contribution is 2.24. The number of ether oxygens (including phenoxy) is 4. The van der Waals surface area contributed by atoms with Gasteiger partial charge in [0.05, 0.1) is 26.4 Å². The Balaban J connectivity index is 0.000000360. The highest BCUT2D eigenvalue weighted by Gasteiger charge is 2.46. The van der Waals surface area contributed by atoms with Gasteiger partial charge in [-0.15, -0.1) is 0 Å². The molecule has 0 bridgehead atoms. The fourth-order valence-corrected chi connectivity index (χ4v) is 3.06. The third-order valence-corrected chi connectivity index (χ3v) is 5.22. The lowest BCUT2D eigenvalue weighted by Crippen LogP contribution is -2.60. The topological polar surface area (TPSA) is 320 Å². The van der Waals surface area contributed by atoms with Crippen LogP contribution in [0, 0.1) is 0 Å². The maximum absolute atomic E-state index is 10.8. The summed E-state index contributed by atoms with van der Waals surface area (Å²) in [4.78, 5) is 21.5. The number of rotatable bonds is 10. The van der Waals surface area contributed by atoms with Crippen molar-refractivity contribution in [1.82, 2.24) is 0 Å². The quantitative estimate of drug-likeness (QED) is 0.123. The van der Waals surface area contributed by atoms with Gasteiger partial charge in [-0.1, -0.05) is 0 Å². The molecule has 2 fully saturated rings. The first-order valence-corrected chi connectivity index (χ1v) is 10.5. The molecule has 0 aromatic heterocycles. The molecule has 2 saturated heterocycles. The molecule has 2 rings (SSSR count). The number of amides is 1. The molecule has 18 heteroatoms. The van der Waals surface area contributed by atoms with Gasteiger partial charge in [0.25, 0.3) is 0 Å². The van der Waals surface area contributed by atoms with Crippen molar-refractivity contribution in [3.05, 3.63) is 0 Å². The molecule has 0 unspecified atom stereocenters. The van der Waals surface area contributed by atoms with Crippen molar-refractivity contribution >= 4 is 11.9 Å². The molecule has 1 amide bonds. The first-order valence-electron chi connectivity index (χ1n) is 10.5. The Morgan fingerprint density at radius 3 is 1.31 bits per heavy atom. The minimum absolute atomic E-state index is 0.620. The fraction of sp³-hybridized carbons (Fsp3) is 0.889. The average Bonchev–Trinajstić information content (AvgIpc) is 2.85. The van der Waals surface area contributed by atoms with E-state index >= 15 is 0 Å². The summed E-state index contributed by atoms with van der Waals surface area (Å²) in [6.45, 7) is -2.86. The number of carbonyl (C=O) groups is 2. The van der Waals surface area contributed by atoms with Gasteiger partial charge in [-0.3, -0.25) is 4.79 Å². The zero-order valence-electron chi connectivity index (χ0n) is 18.7. The standard InChI is InChI=1S/C9H17NO8.C9H16O9/c10-8(16)4(2-12)18-9-7(15)6(14)5(13)3(1-11)17-9;10-1-3-5(12)6(13)7(14)9(17-3)18-4(2-11)8(15)16/h3-7,9,11-15H,1-2H2,(H2,10,16);3-7,9-14H,1-2H2,(H,15,16)/t2*3-,4+,5-,6+,7+,9+/m11/s1. The predicted octanol–water partition coefficient (Wildman–Crippen LogP) is -8.10. The number of primary amides is 1. The maximum atomic E-state index is 10.8. The van der Waals surface area contributed by atoms with Crippen LogP contribution in [0.1, 0.15) is 0 Å². The van der Waals surface area contributed by atoms with Crippen molar-refractivity contribution in [2.45, 2.75) is 73.6 Å². The normalized spacial score (nSPS) is 38.4. The van der Waals surface area contributed by atoms with E-state index in [1.807, 2.05) is 0 Å². The zero-order chi connectivity index (χ0) is 27.7. The Morgan fingerprint density at radius 2 is 1.03 bits per heavy atom. The number of hydrogen-bond acceptors (Lipinski definition) is 16. The first kappa shape index (κ1) is 32.4. The van der Waals surface area contributed by atoms with E-state index in [2.05, 4.69) is 0 Å². The van der Waals surface area contributed by atoms with Gasteiger partial charge in [0.15, 0.2) is 24.8 Å². The van der Waals surface area contributed by atoms with Crippen molar-refractivity contribution in [3.63, 3.8) is 0 Å². The average molecular weight is 535 g/mol. The summed E-state index contributed by atoms with van der Waals surface area (Å²) in [6.07, 6.45) is -18.2. The largest absolute Gasteiger partial charge is 0.479 e. The van der Waals surface area contributed by atoms with Gasteiger partial charge >= 0.3 is 5.97 Å². The minimum atomic E-state index is -1.70. The van der Waals surface area contributed by atoms with Gasteiger partial charge in [0.1, 0.15) is 48.8 Å². The predicted molar refractivity (Wildman–Crippen MR) is 108 cm³/mol. The Kier molecular flexibility index (Phi) is 13.5. The van der Waals surface area contributed by atoms with Gasteiger partial charge in [0, 0.05) is 0 Å². The molecule has 0 saturated carbocycles. The van der Waals surface area contributed by atoms with Gasteiger partial charge in [-0.25, -0.2) is 4.79 Å². The van der Waals surface area contributed by atoms with E-state index in [0.29, 0.717) is 0 Å². The second-order valence-electron chi connectivity index (χ2n) is 7.75. The SMILES string of the molecule is NC(=O)[C@H](CO)O[C@@H]1O[C@H](CO)[C@@H](O)[C@H](O)[C@@H]1O.O=C(O)[C@H](CO)O[C@@H]1O[C@H](CO)[C@@H](O)[C@H](O)[C@@H]1O. The van der Waals surface area contributed by atoms with Crippen LogP contribution in [0.3, 0.4) is 0 Å². The van der Waals surface area contributed by atoms with Gasteiger partial charge in [-0.05, 0) is 0 Å². The molecule has 13 N–H and O–H groups in total. The summed E-state index contributed by atoms with van der Waals surface area (Å²) in [5.74, 6) is -2.45. The summed E-state index contributed by atoms with van der Waals surface area (Å²) in [5.41, 5.74) is 4.92. The third-order valence-electron chi connectivity index (χ3n) is 5.22. The smallest absolute Gasteiger partial charge is 0.335 e. The van der Waals surface area contributed by atoms with E-state index in [4.69, 9.17) is 50.2 Å². The van der Waals surface area contributed by atoms with Crippen LogP contribution in [0.2, 0.25) is 0 Å². The summed E-state index contributed by atoms with van der Waals surface area (Å²) in [6, 6.07) is 0. The molecule has 0 aromatic carbocycles. The van der Waals surface area contributed by atoms with E-state index in [9.17, 15) is 40.2 Å². The Labute approximate surface area is 203 Å². The van der Waals surface area contributed by atoms with Crippen LogP contribution in [-0.4, -0.2) is 168 Å². The van der Waals surface area contributed by atoms with Gasteiger partial charge < -0.3 is 80.9 Å². The number of carbonyl (C=O) groups excluding carboxylic acids is 1. The molecule has 36 heavy (non-hydrogen) atoms. The number of aliphatic hydroxyl groups excluding tert-OH is 10. The maximum Gasteiger partial charge on any atom is 0.335 e. The number of hydrogen-bond donors (Lipinski definition) is 12. The van der Waals surface area contributed by atoms with Gasteiger partial charge in [-0.2, -0.15) is 0 Å². The van der Waals surface area contributed by atoms with Crippen LogP contribution in [0.25, 0.3) is 0 Å². The molecule has 0 aliphatic carbocycles. The van der Waals surface area contributed by atoms with E-state index in [1.54, 1.807) is 0 Å². The zero-order valence-corrected chi connectivity index (χ0v) is 18.7. The first-order chi connectivity index (χ1) is 16.8. The molecule has 0 spiro atoms. The number of carboxylic acids is 1. The molecule has 2 aliphatic rings. The van der Waals surface area contributed by atoms with Crippen molar-refractivity contribution in [2.24, 2.45) is 5.73 Å². The Hall–Kier alpha value is -1.62.